The number of nitriles is 1. The van der Waals surface area contributed by atoms with E-state index in [9.17, 15) is 4.79 Å². The number of benzene rings is 2. The van der Waals surface area contributed by atoms with Gasteiger partial charge < -0.3 is 10.6 Å². The molecule has 0 radical (unpaired) electrons. The molecule has 0 fully saturated rings. The number of rotatable bonds is 2. The second-order valence-electron chi connectivity index (χ2n) is 4.85. The van der Waals surface area contributed by atoms with Crippen LogP contribution in [0.2, 0.25) is 5.02 Å². The second kappa shape index (κ2) is 5.57. The molecule has 104 valence electrons. The summed E-state index contributed by atoms with van der Waals surface area (Å²) in [6, 6.07) is 12.5. The topological polar surface area (TPSA) is 64.9 Å². The van der Waals surface area contributed by atoms with Crippen LogP contribution in [0.1, 0.15) is 27.0 Å². The fraction of sp³-hybridized carbons (Fsp3) is 0.125. The molecule has 0 atom stereocenters. The SMILES string of the molecule is N#Cc1ccc(NC(=O)c2ccc3c(c2)CNC3)cc1Cl. The van der Waals surface area contributed by atoms with Crippen LogP contribution in [0.4, 0.5) is 5.69 Å². The van der Waals surface area contributed by atoms with E-state index in [0.29, 0.717) is 21.8 Å². The van der Waals surface area contributed by atoms with Crippen molar-refractivity contribution in [1.29, 1.82) is 5.26 Å². The predicted octanol–water partition coefficient (Wildman–Crippen LogP) is 3.07. The molecule has 1 aliphatic heterocycles. The minimum atomic E-state index is -0.189. The number of carbonyl (C=O) groups is 1. The molecule has 0 aliphatic carbocycles. The molecule has 4 nitrogen and oxygen atoms in total. The van der Waals surface area contributed by atoms with Crippen LogP contribution < -0.4 is 10.6 Å². The zero-order valence-corrected chi connectivity index (χ0v) is 11.9. The van der Waals surface area contributed by atoms with Crippen molar-refractivity contribution in [1.82, 2.24) is 5.32 Å². The molecule has 0 bridgehead atoms. The fourth-order valence-corrected chi connectivity index (χ4v) is 2.55. The standard InChI is InChI=1S/C16H12ClN3O/c17-15-6-14(4-3-11(15)7-18)20-16(21)10-1-2-12-8-19-9-13(12)5-10/h1-6,19H,8-9H2,(H,20,21). The van der Waals surface area contributed by atoms with Crippen LogP contribution >= 0.6 is 11.6 Å². The summed E-state index contributed by atoms with van der Waals surface area (Å²) in [7, 11) is 0. The zero-order valence-electron chi connectivity index (χ0n) is 11.1. The Morgan fingerprint density at radius 2 is 2.00 bits per heavy atom. The van der Waals surface area contributed by atoms with Gasteiger partial charge in [-0.15, -0.1) is 0 Å². The number of anilines is 1. The van der Waals surface area contributed by atoms with Gasteiger partial charge in [0.1, 0.15) is 6.07 Å². The van der Waals surface area contributed by atoms with Gasteiger partial charge in [-0.3, -0.25) is 4.79 Å². The lowest BCUT2D eigenvalue weighted by Crippen LogP contribution is -2.12. The third-order valence-corrected chi connectivity index (χ3v) is 3.76. The van der Waals surface area contributed by atoms with E-state index in [-0.39, 0.29) is 5.91 Å². The largest absolute Gasteiger partial charge is 0.322 e. The van der Waals surface area contributed by atoms with Crippen LogP contribution in [0.15, 0.2) is 36.4 Å². The molecule has 1 aliphatic rings. The summed E-state index contributed by atoms with van der Waals surface area (Å²) in [5.41, 5.74) is 3.95. The van der Waals surface area contributed by atoms with E-state index < -0.39 is 0 Å². The highest BCUT2D eigenvalue weighted by molar-refractivity contribution is 6.32. The Labute approximate surface area is 127 Å². The first kappa shape index (κ1) is 13.6. The predicted molar refractivity (Wildman–Crippen MR) is 81.1 cm³/mol. The molecule has 0 unspecified atom stereocenters. The quantitative estimate of drug-likeness (QED) is 0.895. The Morgan fingerprint density at radius 1 is 1.19 bits per heavy atom. The van der Waals surface area contributed by atoms with E-state index in [0.717, 1.165) is 18.7 Å². The molecule has 3 rings (SSSR count). The molecule has 1 amide bonds. The number of hydrogen-bond donors (Lipinski definition) is 2. The summed E-state index contributed by atoms with van der Waals surface area (Å²) in [6.07, 6.45) is 0. The maximum atomic E-state index is 12.2. The molecule has 1 heterocycles. The van der Waals surface area contributed by atoms with Crippen molar-refractivity contribution in [3.8, 4) is 6.07 Å². The number of carbonyl (C=O) groups excluding carboxylic acids is 1. The Hall–Kier alpha value is -2.35. The van der Waals surface area contributed by atoms with E-state index in [4.69, 9.17) is 16.9 Å². The summed E-state index contributed by atoms with van der Waals surface area (Å²) in [6.45, 7) is 1.64. The summed E-state index contributed by atoms with van der Waals surface area (Å²) in [4.78, 5) is 12.2. The van der Waals surface area contributed by atoms with Crippen molar-refractivity contribution in [2.24, 2.45) is 0 Å². The third kappa shape index (κ3) is 2.75. The lowest BCUT2D eigenvalue weighted by Gasteiger charge is -2.07. The third-order valence-electron chi connectivity index (χ3n) is 3.45. The number of hydrogen-bond acceptors (Lipinski definition) is 3. The van der Waals surface area contributed by atoms with Crippen LogP contribution in [0.3, 0.4) is 0 Å². The number of fused-ring (bicyclic) bond motifs is 1. The second-order valence-corrected chi connectivity index (χ2v) is 5.25. The smallest absolute Gasteiger partial charge is 0.255 e. The Balaban J connectivity index is 1.80. The van der Waals surface area contributed by atoms with Crippen molar-refractivity contribution in [3.63, 3.8) is 0 Å². The number of halogens is 1. The van der Waals surface area contributed by atoms with E-state index in [1.54, 1.807) is 18.2 Å². The minimum Gasteiger partial charge on any atom is -0.322 e. The number of amides is 1. The summed E-state index contributed by atoms with van der Waals surface area (Å²) >= 11 is 5.95. The van der Waals surface area contributed by atoms with Crippen molar-refractivity contribution >= 4 is 23.2 Å². The molecule has 2 N–H and O–H groups in total. The lowest BCUT2D eigenvalue weighted by atomic mass is 10.1. The average Bonchev–Trinajstić information content (AvgIpc) is 2.94. The first-order valence-electron chi connectivity index (χ1n) is 6.51. The highest BCUT2D eigenvalue weighted by Crippen LogP contribution is 2.22. The van der Waals surface area contributed by atoms with Gasteiger partial charge in [0.05, 0.1) is 10.6 Å². The van der Waals surface area contributed by atoms with Gasteiger partial charge in [-0.05, 0) is 41.5 Å². The van der Waals surface area contributed by atoms with Crippen molar-refractivity contribution in [2.45, 2.75) is 13.1 Å². The Morgan fingerprint density at radius 3 is 2.76 bits per heavy atom. The highest BCUT2D eigenvalue weighted by Gasteiger charge is 2.14. The van der Waals surface area contributed by atoms with Gasteiger partial charge in [0.2, 0.25) is 0 Å². The molecule has 0 saturated heterocycles. The zero-order chi connectivity index (χ0) is 14.8. The van der Waals surface area contributed by atoms with Gasteiger partial charge >= 0.3 is 0 Å². The van der Waals surface area contributed by atoms with Crippen LogP contribution in [0.25, 0.3) is 0 Å². The van der Waals surface area contributed by atoms with Gasteiger partial charge in [-0.2, -0.15) is 5.26 Å². The molecular formula is C16H12ClN3O. The van der Waals surface area contributed by atoms with Gasteiger partial charge in [0, 0.05) is 24.3 Å². The van der Waals surface area contributed by atoms with E-state index in [1.165, 1.54) is 5.56 Å². The molecule has 0 saturated carbocycles. The molecule has 2 aromatic rings. The van der Waals surface area contributed by atoms with E-state index in [2.05, 4.69) is 10.6 Å². The molecule has 0 aromatic heterocycles. The Kier molecular flexibility index (Phi) is 3.61. The number of nitrogens with one attached hydrogen (secondary N) is 2. The normalized spacial score (nSPS) is 12.6. The molecule has 0 spiro atoms. The van der Waals surface area contributed by atoms with Crippen LogP contribution in [-0.4, -0.2) is 5.91 Å². The maximum Gasteiger partial charge on any atom is 0.255 e. The monoisotopic (exact) mass is 297 g/mol. The van der Waals surface area contributed by atoms with Gasteiger partial charge in [-0.1, -0.05) is 17.7 Å². The van der Waals surface area contributed by atoms with Gasteiger partial charge in [-0.25, -0.2) is 0 Å². The first-order chi connectivity index (χ1) is 10.2. The summed E-state index contributed by atoms with van der Waals surface area (Å²) in [5, 5.41) is 15.2. The van der Waals surface area contributed by atoms with E-state index >= 15 is 0 Å². The summed E-state index contributed by atoms with van der Waals surface area (Å²) < 4.78 is 0. The van der Waals surface area contributed by atoms with Crippen molar-refractivity contribution in [2.75, 3.05) is 5.32 Å². The average molecular weight is 298 g/mol. The van der Waals surface area contributed by atoms with Gasteiger partial charge in [0.15, 0.2) is 0 Å². The van der Waals surface area contributed by atoms with Crippen molar-refractivity contribution < 1.29 is 4.79 Å². The fourth-order valence-electron chi connectivity index (χ4n) is 2.32. The van der Waals surface area contributed by atoms with E-state index in [1.807, 2.05) is 24.3 Å². The summed E-state index contributed by atoms with van der Waals surface area (Å²) in [5.74, 6) is -0.189. The molecule has 5 heteroatoms. The Bertz CT molecular complexity index is 765. The van der Waals surface area contributed by atoms with Crippen LogP contribution in [0.5, 0.6) is 0 Å². The van der Waals surface area contributed by atoms with Gasteiger partial charge in [0.25, 0.3) is 5.91 Å². The number of nitrogens with zero attached hydrogens (tertiary/aromatic N) is 1. The van der Waals surface area contributed by atoms with Crippen LogP contribution in [0, 0.1) is 11.3 Å². The molecular weight excluding hydrogens is 286 g/mol. The first-order valence-corrected chi connectivity index (χ1v) is 6.88. The van der Waals surface area contributed by atoms with Crippen LogP contribution in [-0.2, 0) is 13.1 Å². The van der Waals surface area contributed by atoms with Crippen molar-refractivity contribution in [3.05, 3.63) is 63.7 Å². The molecule has 21 heavy (non-hydrogen) atoms. The highest BCUT2D eigenvalue weighted by atomic mass is 35.5. The minimum absolute atomic E-state index is 0.189. The maximum absolute atomic E-state index is 12.2. The lowest BCUT2D eigenvalue weighted by molar-refractivity contribution is 0.102. The molecule has 2 aromatic carbocycles.